The van der Waals surface area contributed by atoms with Crippen molar-refractivity contribution >= 4 is 0 Å². The predicted molar refractivity (Wildman–Crippen MR) is 67.3 cm³/mol. The Morgan fingerprint density at radius 3 is 2.47 bits per heavy atom. The summed E-state index contributed by atoms with van der Waals surface area (Å²) in [7, 11) is 0. The summed E-state index contributed by atoms with van der Waals surface area (Å²) in [5, 5.41) is 3.53. The first-order valence-corrected chi connectivity index (χ1v) is 6.83. The van der Waals surface area contributed by atoms with Crippen molar-refractivity contribution in [1.82, 2.24) is 10.2 Å². The topological polar surface area (TPSA) is 15.3 Å². The van der Waals surface area contributed by atoms with E-state index in [4.69, 9.17) is 0 Å². The molecular formula is C13H28N2. The van der Waals surface area contributed by atoms with Crippen molar-refractivity contribution in [2.24, 2.45) is 0 Å². The standard InChI is InChI=1S/C13H28N2/c1-3-5-10-14-11-12-15(4-2)13-8-6-7-9-13/h13-14H,3-12H2,1-2H3. The average molecular weight is 212 g/mol. The lowest BCUT2D eigenvalue weighted by atomic mass is 10.2. The molecule has 2 heteroatoms. The van der Waals surface area contributed by atoms with Gasteiger partial charge < -0.3 is 5.32 Å². The van der Waals surface area contributed by atoms with Crippen LogP contribution in [0.5, 0.6) is 0 Å². The Morgan fingerprint density at radius 2 is 1.87 bits per heavy atom. The Labute approximate surface area is 95.4 Å². The van der Waals surface area contributed by atoms with Crippen LogP contribution in [-0.4, -0.2) is 37.1 Å². The van der Waals surface area contributed by atoms with Crippen molar-refractivity contribution in [3.05, 3.63) is 0 Å². The van der Waals surface area contributed by atoms with Crippen LogP contribution in [0.4, 0.5) is 0 Å². The largest absolute Gasteiger partial charge is 0.315 e. The number of unbranched alkanes of at least 4 members (excludes halogenated alkanes) is 1. The molecule has 0 aromatic rings. The molecule has 0 bridgehead atoms. The number of likely N-dealkylation sites (N-methyl/N-ethyl adjacent to an activating group) is 1. The van der Waals surface area contributed by atoms with Gasteiger partial charge in [0.2, 0.25) is 0 Å². The summed E-state index contributed by atoms with van der Waals surface area (Å²) in [6, 6.07) is 0.892. The zero-order valence-corrected chi connectivity index (χ0v) is 10.6. The molecule has 0 aromatic carbocycles. The molecule has 0 radical (unpaired) electrons. The Morgan fingerprint density at radius 1 is 1.13 bits per heavy atom. The van der Waals surface area contributed by atoms with Crippen LogP contribution in [-0.2, 0) is 0 Å². The second kappa shape index (κ2) is 8.12. The lowest BCUT2D eigenvalue weighted by Gasteiger charge is -2.27. The summed E-state index contributed by atoms with van der Waals surface area (Å²) < 4.78 is 0. The smallest absolute Gasteiger partial charge is 0.0110 e. The Bertz CT molecular complexity index is 141. The molecule has 1 aliphatic rings. The van der Waals surface area contributed by atoms with Crippen molar-refractivity contribution in [2.75, 3.05) is 26.2 Å². The van der Waals surface area contributed by atoms with Crippen molar-refractivity contribution in [3.63, 3.8) is 0 Å². The lowest BCUT2D eigenvalue weighted by Crippen LogP contribution is -2.38. The summed E-state index contributed by atoms with van der Waals surface area (Å²) in [5.41, 5.74) is 0. The third-order valence-electron chi connectivity index (χ3n) is 3.53. The van der Waals surface area contributed by atoms with Crippen LogP contribution < -0.4 is 5.32 Å². The van der Waals surface area contributed by atoms with Gasteiger partial charge >= 0.3 is 0 Å². The second-order valence-corrected chi connectivity index (χ2v) is 4.67. The Balaban J connectivity index is 2.05. The van der Waals surface area contributed by atoms with Gasteiger partial charge in [0.1, 0.15) is 0 Å². The van der Waals surface area contributed by atoms with Gasteiger partial charge in [0, 0.05) is 19.1 Å². The van der Waals surface area contributed by atoms with E-state index in [1.54, 1.807) is 0 Å². The van der Waals surface area contributed by atoms with E-state index in [0.29, 0.717) is 0 Å². The highest BCUT2D eigenvalue weighted by Gasteiger charge is 2.20. The van der Waals surface area contributed by atoms with Crippen molar-refractivity contribution in [1.29, 1.82) is 0 Å². The van der Waals surface area contributed by atoms with E-state index in [-0.39, 0.29) is 0 Å². The molecule has 15 heavy (non-hydrogen) atoms. The van der Waals surface area contributed by atoms with Gasteiger partial charge in [0.15, 0.2) is 0 Å². The molecule has 0 atom stereocenters. The highest BCUT2D eigenvalue weighted by atomic mass is 15.2. The van der Waals surface area contributed by atoms with E-state index < -0.39 is 0 Å². The molecule has 1 fully saturated rings. The molecule has 90 valence electrons. The fourth-order valence-corrected chi connectivity index (χ4v) is 2.52. The van der Waals surface area contributed by atoms with Gasteiger partial charge in [-0.25, -0.2) is 0 Å². The highest BCUT2D eigenvalue weighted by molar-refractivity contribution is 4.77. The van der Waals surface area contributed by atoms with E-state index >= 15 is 0 Å². The highest BCUT2D eigenvalue weighted by Crippen LogP contribution is 2.22. The molecule has 1 saturated carbocycles. The van der Waals surface area contributed by atoms with Crippen LogP contribution in [0.3, 0.4) is 0 Å². The maximum absolute atomic E-state index is 3.53. The molecular weight excluding hydrogens is 184 g/mol. The van der Waals surface area contributed by atoms with Crippen molar-refractivity contribution in [3.8, 4) is 0 Å². The molecule has 1 N–H and O–H groups in total. The van der Waals surface area contributed by atoms with Crippen LogP contribution >= 0.6 is 0 Å². The van der Waals surface area contributed by atoms with Crippen LogP contribution in [0.15, 0.2) is 0 Å². The molecule has 1 aliphatic carbocycles. The second-order valence-electron chi connectivity index (χ2n) is 4.67. The van der Waals surface area contributed by atoms with Gasteiger partial charge in [-0.3, -0.25) is 4.90 Å². The monoisotopic (exact) mass is 212 g/mol. The quantitative estimate of drug-likeness (QED) is 0.622. The van der Waals surface area contributed by atoms with Crippen molar-refractivity contribution < 1.29 is 0 Å². The van der Waals surface area contributed by atoms with Crippen LogP contribution in [0, 0.1) is 0 Å². The van der Waals surface area contributed by atoms with Gasteiger partial charge in [0.05, 0.1) is 0 Å². The molecule has 0 saturated heterocycles. The number of hydrogen-bond donors (Lipinski definition) is 1. The number of nitrogens with zero attached hydrogens (tertiary/aromatic N) is 1. The van der Waals surface area contributed by atoms with Gasteiger partial charge in [0.25, 0.3) is 0 Å². The minimum atomic E-state index is 0.892. The summed E-state index contributed by atoms with van der Waals surface area (Å²) in [5.74, 6) is 0. The summed E-state index contributed by atoms with van der Waals surface area (Å²) in [4.78, 5) is 2.66. The summed E-state index contributed by atoms with van der Waals surface area (Å²) >= 11 is 0. The predicted octanol–water partition coefficient (Wildman–Crippen LogP) is 2.64. The molecule has 0 aromatic heterocycles. The van der Waals surface area contributed by atoms with Crippen LogP contribution in [0.2, 0.25) is 0 Å². The molecule has 0 spiro atoms. The maximum atomic E-state index is 3.53. The van der Waals surface area contributed by atoms with Gasteiger partial charge in [-0.05, 0) is 32.4 Å². The summed E-state index contributed by atoms with van der Waals surface area (Å²) in [6.07, 6.45) is 8.38. The molecule has 0 amide bonds. The van der Waals surface area contributed by atoms with Crippen molar-refractivity contribution in [2.45, 2.75) is 58.4 Å². The third-order valence-corrected chi connectivity index (χ3v) is 3.53. The fraction of sp³-hybridized carbons (Fsp3) is 1.00. The lowest BCUT2D eigenvalue weighted by molar-refractivity contribution is 0.209. The van der Waals surface area contributed by atoms with Crippen LogP contribution in [0.1, 0.15) is 52.4 Å². The molecule has 0 heterocycles. The molecule has 1 rings (SSSR count). The molecule has 0 aliphatic heterocycles. The van der Waals surface area contributed by atoms with E-state index in [1.807, 2.05) is 0 Å². The Kier molecular flexibility index (Phi) is 7.03. The average Bonchev–Trinajstić information content (AvgIpc) is 2.77. The van der Waals surface area contributed by atoms with E-state index in [2.05, 4.69) is 24.1 Å². The molecule has 0 unspecified atom stereocenters. The number of rotatable bonds is 8. The van der Waals surface area contributed by atoms with E-state index in [1.165, 1.54) is 64.7 Å². The number of nitrogens with one attached hydrogen (secondary N) is 1. The van der Waals surface area contributed by atoms with Gasteiger partial charge in [-0.2, -0.15) is 0 Å². The zero-order valence-electron chi connectivity index (χ0n) is 10.6. The van der Waals surface area contributed by atoms with Gasteiger partial charge in [-0.15, -0.1) is 0 Å². The SMILES string of the molecule is CCCCNCCN(CC)C1CCCC1. The normalized spacial score (nSPS) is 17.8. The third kappa shape index (κ3) is 4.98. The first-order valence-electron chi connectivity index (χ1n) is 6.83. The fourth-order valence-electron chi connectivity index (χ4n) is 2.52. The minimum absolute atomic E-state index is 0.892. The summed E-state index contributed by atoms with van der Waals surface area (Å²) in [6.45, 7) is 9.37. The van der Waals surface area contributed by atoms with Crippen LogP contribution in [0.25, 0.3) is 0 Å². The first kappa shape index (κ1) is 13.0. The number of hydrogen-bond acceptors (Lipinski definition) is 2. The van der Waals surface area contributed by atoms with Gasteiger partial charge in [-0.1, -0.05) is 33.1 Å². The molecule has 2 nitrogen and oxygen atoms in total. The Hall–Kier alpha value is -0.0800. The zero-order chi connectivity index (χ0) is 10.9. The van der Waals surface area contributed by atoms with E-state index in [9.17, 15) is 0 Å². The maximum Gasteiger partial charge on any atom is 0.0110 e. The van der Waals surface area contributed by atoms with E-state index in [0.717, 1.165) is 6.04 Å². The minimum Gasteiger partial charge on any atom is -0.315 e. The first-order chi connectivity index (χ1) is 7.38.